The SMILES string of the molecule is C=C(Cl)/N=C(\N=C(C)c1ccc(-c2ccccc2)cc1)C1=CCCC=C1. The quantitative estimate of drug-likeness (QED) is 0.335. The van der Waals surface area contributed by atoms with Crippen molar-refractivity contribution in [3.63, 3.8) is 0 Å². The fourth-order valence-electron chi connectivity index (χ4n) is 2.81. The molecule has 0 saturated carbocycles. The largest absolute Gasteiger partial charge is 0.233 e. The van der Waals surface area contributed by atoms with E-state index in [1.165, 1.54) is 11.1 Å². The standard InChI is InChI=1S/C23H21ClN2/c1-17(25-23(26-18(2)24)22-11-7-4-8-12-22)19-13-15-21(16-14-19)20-9-5-3-6-10-20/h3,5-7,9-16H,2,4,8H2,1H3/b25-17?,26-23-. The predicted molar refractivity (Wildman–Crippen MR) is 113 cm³/mol. The van der Waals surface area contributed by atoms with Gasteiger partial charge in [0.2, 0.25) is 0 Å². The second-order valence-corrected chi connectivity index (χ2v) is 6.53. The van der Waals surface area contributed by atoms with Crippen LogP contribution in [0.3, 0.4) is 0 Å². The van der Waals surface area contributed by atoms with Crippen LogP contribution in [0.1, 0.15) is 25.3 Å². The minimum Gasteiger partial charge on any atom is -0.233 e. The Kier molecular flexibility index (Phi) is 5.98. The molecular formula is C23H21ClN2. The summed E-state index contributed by atoms with van der Waals surface area (Å²) in [4.78, 5) is 9.03. The third kappa shape index (κ3) is 4.68. The lowest BCUT2D eigenvalue weighted by Crippen LogP contribution is -2.05. The molecule has 0 atom stereocenters. The molecule has 130 valence electrons. The number of halogens is 1. The van der Waals surface area contributed by atoms with Crippen LogP contribution in [0.2, 0.25) is 0 Å². The topological polar surface area (TPSA) is 24.7 Å². The van der Waals surface area contributed by atoms with Crippen molar-refractivity contribution >= 4 is 23.1 Å². The summed E-state index contributed by atoms with van der Waals surface area (Å²) in [6, 6.07) is 18.7. The van der Waals surface area contributed by atoms with Crippen LogP contribution >= 0.6 is 11.6 Å². The Bertz CT molecular complexity index is 901. The van der Waals surface area contributed by atoms with Gasteiger partial charge in [-0.2, -0.15) is 0 Å². The molecule has 0 fully saturated rings. The van der Waals surface area contributed by atoms with Gasteiger partial charge in [0, 0.05) is 11.3 Å². The Labute approximate surface area is 160 Å². The van der Waals surface area contributed by atoms with Gasteiger partial charge in [-0.15, -0.1) is 0 Å². The summed E-state index contributed by atoms with van der Waals surface area (Å²) in [7, 11) is 0. The number of amidine groups is 1. The lowest BCUT2D eigenvalue weighted by Gasteiger charge is -2.09. The molecular weight excluding hydrogens is 340 g/mol. The molecule has 0 aromatic heterocycles. The van der Waals surface area contributed by atoms with Gasteiger partial charge in [-0.05, 0) is 36.5 Å². The van der Waals surface area contributed by atoms with Gasteiger partial charge >= 0.3 is 0 Å². The summed E-state index contributed by atoms with van der Waals surface area (Å²) >= 11 is 5.91. The maximum atomic E-state index is 5.91. The normalized spacial score (nSPS) is 14.9. The van der Waals surface area contributed by atoms with Crippen LogP contribution in [-0.2, 0) is 0 Å². The number of rotatable bonds is 4. The number of allylic oxidation sites excluding steroid dienone is 2. The number of hydrogen-bond donors (Lipinski definition) is 0. The maximum Gasteiger partial charge on any atom is 0.160 e. The zero-order chi connectivity index (χ0) is 18.4. The van der Waals surface area contributed by atoms with E-state index in [0.29, 0.717) is 5.84 Å². The molecule has 0 spiro atoms. The van der Waals surface area contributed by atoms with Gasteiger partial charge in [-0.1, -0.05) is 91.0 Å². The molecule has 2 aromatic rings. The van der Waals surface area contributed by atoms with Crippen LogP contribution in [0, 0.1) is 0 Å². The molecule has 0 amide bonds. The average molecular weight is 361 g/mol. The van der Waals surface area contributed by atoms with Crippen molar-refractivity contribution in [3.8, 4) is 11.1 Å². The van der Waals surface area contributed by atoms with Crippen molar-refractivity contribution < 1.29 is 0 Å². The molecule has 0 N–H and O–H groups in total. The molecule has 3 heteroatoms. The Morgan fingerprint density at radius 1 is 0.923 bits per heavy atom. The van der Waals surface area contributed by atoms with Crippen molar-refractivity contribution in [1.29, 1.82) is 0 Å². The molecule has 0 aliphatic heterocycles. The highest BCUT2D eigenvalue weighted by atomic mass is 35.5. The number of benzene rings is 2. The maximum absolute atomic E-state index is 5.91. The molecule has 0 bridgehead atoms. The Morgan fingerprint density at radius 3 is 2.23 bits per heavy atom. The molecule has 1 aliphatic carbocycles. The van der Waals surface area contributed by atoms with E-state index >= 15 is 0 Å². The van der Waals surface area contributed by atoms with Gasteiger partial charge in [0.1, 0.15) is 5.16 Å². The highest BCUT2D eigenvalue weighted by molar-refractivity contribution is 6.30. The first kappa shape index (κ1) is 18.1. The van der Waals surface area contributed by atoms with Gasteiger partial charge < -0.3 is 0 Å². The van der Waals surface area contributed by atoms with Crippen molar-refractivity contribution in [3.05, 3.63) is 95.7 Å². The van der Waals surface area contributed by atoms with Crippen LogP contribution in [0.25, 0.3) is 11.1 Å². The van der Waals surface area contributed by atoms with Gasteiger partial charge in [0.25, 0.3) is 0 Å². The van der Waals surface area contributed by atoms with E-state index in [9.17, 15) is 0 Å². The lowest BCUT2D eigenvalue weighted by molar-refractivity contribution is 1.03. The highest BCUT2D eigenvalue weighted by Crippen LogP contribution is 2.20. The molecule has 0 unspecified atom stereocenters. The molecule has 0 radical (unpaired) electrons. The number of nitrogens with zero attached hydrogens (tertiary/aromatic N) is 2. The van der Waals surface area contributed by atoms with E-state index in [2.05, 4.69) is 60.1 Å². The van der Waals surface area contributed by atoms with Gasteiger partial charge in [0.15, 0.2) is 5.84 Å². The summed E-state index contributed by atoms with van der Waals surface area (Å²) in [5.41, 5.74) is 5.31. The summed E-state index contributed by atoms with van der Waals surface area (Å²) < 4.78 is 0. The van der Waals surface area contributed by atoms with Gasteiger partial charge in [0.05, 0.1) is 0 Å². The van der Waals surface area contributed by atoms with Crippen LogP contribution in [0.5, 0.6) is 0 Å². The van der Waals surface area contributed by atoms with E-state index in [0.717, 1.165) is 29.7 Å². The van der Waals surface area contributed by atoms with E-state index in [-0.39, 0.29) is 5.16 Å². The first-order valence-electron chi connectivity index (χ1n) is 8.65. The second-order valence-electron chi connectivity index (χ2n) is 6.09. The third-order valence-corrected chi connectivity index (χ3v) is 4.25. The fourth-order valence-corrected chi connectivity index (χ4v) is 2.89. The van der Waals surface area contributed by atoms with E-state index in [1.54, 1.807) is 0 Å². The fraction of sp³-hybridized carbons (Fsp3) is 0.130. The summed E-state index contributed by atoms with van der Waals surface area (Å²) in [6.45, 7) is 5.66. The first-order valence-corrected chi connectivity index (χ1v) is 9.02. The number of aliphatic imine (C=N–C) groups is 2. The second kappa shape index (κ2) is 8.59. The van der Waals surface area contributed by atoms with E-state index < -0.39 is 0 Å². The van der Waals surface area contributed by atoms with Crippen LogP contribution in [-0.4, -0.2) is 11.5 Å². The minimum absolute atomic E-state index is 0.232. The smallest absolute Gasteiger partial charge is 0.160 e. The van der Waals surface area contributed by atoms with Gasteiger partial charge in [-0.3, -0.25) is 0 Å². The zero-order valence-electron chi connectivity index (χ0n) is 14.8. The molecule has 2 nitrogen and oxygen atoms in total. The Morgan fingerprint density at radius 2 is 1.62 bits per heavy atom. The van der Waals surface area contributed by atoms with Crippen molar-refractivity contribution in [2.24, 2.45) is 9.98 Å². The molecule has 0 heterocycles. The van der Waals surface area contributed by atoms with Crippen molar-refractivity contribution in [1.82, 2.24) is 0 Å². The molecule has 2 aromatic carbocycles. The zero-order valence-corrected chi connectivity index (χ0v) is 15.6. The molecule has 0 saturated heterocycles. The summed E-state index contributed by atoms with van der Waals surface area (Å²) in [6.07, 6.45) is 8.33. The molecule has 3 rings (SSSR count). The Hall–Kier alpha value is -2.71. The number of hydrogen-bond acceptors (Lipinski definition) is 1. The Balaban J connectivity index is 1.88. The molecule has 26 heavy (non-hydrogen) atoms. The van der Waals surface area contributed by atoms with Crippen LogP contribution in [0.4, 0.5) is 0 Å². The van der Waals surface area contributed by atoms with E-state index in [4.69, 9.17) is 16.6 Å². The summed E-state index contributed by atoms with van der Waals surface area (Å²) in [5.74, 6) is 0.602. The van der Waals surface area contributed by atoms with E-state index in [1.807, 2.05) is 31.2 Å². The highest BCUT2D eigenvalue weighted by Gasteiger charge is 2.08. The average Bonchev–Trinajstić information content (AvgIpc) is 2.68. The van der Waals surface area contributed by atoms with Gasteiger partial charge in [-0.25, -0.2) is 9.98 Å². The van der Waals surface area contributed by atoms with Crippen LogP contribution in [0.15, 0.2) is 100 Å². The predicted octanol–water partition coefficient (Wildman–Crippen LogP) is 6.55. The first-order chi connectivity index (χ1) is 12.6. The van der Waals surface area contributed by atoms with Crippen LogP contribution < -0.4 is 0 Å². The van der Waals surface area contributed by atoms with Crippen molar-refractivity contribution in [2.45, 2.75) is 19.8 Å². The minimum atomic E-state index is 0.232. The third-order valence-electron chi connectivity index (χ3n) is 4.16. The summed E-state index contributed by atoms with van der Waals surface area (Å²) in [5, 5.41) is 0.232. The van der Waals surface area contributed by atoms with Crippen molar-refractivity contribution in [2.75, 3.05) is 0 Å². The molecule has 1 aliphatic rings. The lowest BCUT2D eigenvalue weighted by atomic mass is 10.0. The monoisotopic (exact) mass is 360 g/mol.